The number of nitrogens with zero attached hydrogens (tertiary/aromatic N) is 1. The number of carbonyl (C=O) groups excluding carboxylic acids is 1. The lowest BCUT2D eigenvalue weighted by molar-refractivity contribution is -0.130. The summed E-state index contributed by atoms with van der Waals surface area (Å²) in [5, 5.41) is 0. The number of rotatable bonds is 2. The molecule has 0 unspecified atom stereocenters. The summed E-state index contributed by atoms with van der Waals surface area (Å²) in [7, 11) is 0. The van der Waals surface area contributed by atoms with Crippen molar-refractivity contribution in [2.24, 2.45) is 0 Å². The van der Waals surface area contributed by atoms with Gasteiger partial charge in [0.25, 0.3) is 0 Å². The smallest absolute Gasteiger partial charge is 0.227 e. The number of thioether (sulfide) groups is 1. The zero-order chi connectivity index (χ0) is 13.3. The van der Waals surface area contributed by atoms with E-state index in [1.54, 1.807) is 0 Å². The average Bonchev–Trinajstić information content (AvgIpc) is 2.56. The van der Waals surface area contributed by atoms with Crippen LogP contribution in [0.15, 0.2) is 0 Å². The van der Waals surface area contributed by atoms with Gasteiger partial charge in [0.05, 0.1) is 6.42 Å². The average molecular weight is 302 g/mol. The van der Waals surface area contributed by atoms with Crippen LogP contribution in [-0.2, 0) is 11.2 Å². The van der Waals surface area contributed by atoms with Crippen LogP contribution in [0.1, 0.15) is 24.4 Å². The van der Waals surface area contributed by atoms with Crippen molar-refractivity contribution >= 4 is 41.2 Å². The maximum Gasteiger partial charge on any atom is 0.227 e. The van der Waals surface area contributed by atoms with Crippen molar-refractivity contribution in [2.45, 2.75) is 31.9 Å². The number of nitrogens with one attached hydrogen (secondary N) is 1. The van der Waals surface area contributed by atoms with E-state index in [4.69, 9.17) is 12.2 Å². The molecule has 1 amide bonds. The summed E-state index contributed by atoms with van der Waals surface area (Å²) in [6.45, 7) is 8.07. The Kier molecular flexibility index (Phi) is 4.18. The molecule has 6 heteroatoms. The van der Waals surface area contributed by atoms with Gasteiger partial charge in [-0.2, -0.15) is 11.8 Å². The molecule has 100 valence electrons. The van der Waals surface area contributed by atoms with E-state index < -0.39 is 0 Å². The van der Waals surface area contributed by atoms with Crippen LogP contribution < -0.4 is 0 Å². The fourth-order valence-electron chi connectivity index (χ4n) is 2.08. The molecule has 2 rings (SSSR count). The first-order valence-corrected chi connectivity index (χ1v) is 8.19. The topological polar surface area (TPSA) is 36.1 Å². The number of aromatic nitrogens is 1. The van der Waals surface area contributed by atoms with E-state index in [0.29, 0.717) is 6.42 Å². The van der Waals surface area contributed by atoms with E-state index in [-0.39, 0.29) is 10.7 Å². The second-order valence-electron chi connectivity index (χ2n) is 5.16. The Labute approximate surface area is 121 Å². The van der Waals surface area contributed by atoms with Crippen LogP contribution in [0.3, 0.4) is 0 Å². The van der Waals surface area contributed by atoms with Crippen LogP contribution in [0.25, 0.3) is 0 Å². The van der Waals surface area contributed by atoms with E-state index in [2.05, 4.69) is 18.8 Å². The number of aryl methyl sites for hydroxylation is 1. The molecule has 0 saturated carbocycles. The molecular weight excluding hydrogens is 284 g/mol. The molecule has 18 heavy (non-hydrogen) atoms. The summed E-state index contributed by atoms with van der Waals surface area (Å²) < 4.78 is 0.929. The van der Waals surface area contributed by atoms with Gasteiger partial charge in [-0.25, -0.2) is 0 Å². The second-order valence-corrected chi connectivity index (χ2v) is 8.74. The number of aromatic amines is 1. The molecule has 0 spiro atoms. The Morgan fingerprint density at radius 2 is 2.28 bits per heavy atom. The van der Waals surface area contributed by atoms with Crippen molar-refractivity contribution in [3.8, 4) is 0 Å². The highest BCUT2D eigenvalue weighted by Crippen LogP contribution is 2.30. The molecule has 1 aromatic rings. The molecule has 1 aliphatic rings. The summed E-state index contributed by atoms with van der Waals surface area (Å²) in [5.74, 6) is 1.25. The number of amides is 1. The zero-order valence-electron chi connectivity index (χ0n) is 10.9. The van der Waals surface area contributed by atoms with Crippen molar-refractivity contribution in [3.05, 3.63) is 14.5 Å². The van der Waals surface area contributed by atoms with Crippen molar-refractivity contribution in [1.29, 1.82) is 0 Å². The van der Waals surface area contributed by atoms with Crippen LogP contribution in [0.2, 0.25) is 0 Å². The van der Waals surface area contributed by atoms with E-state index in [1.807, 2.05) is 23.6 Å². The van der Waals surface area contributed by atoms with Crippen molar-refractivity contribution in [2.75, 3.05) is 18.8 Å². The summed E-state index contributed by atoms with van der Waals surface area (Å²) >= 11 is 8.55. The summed E-state index contributed by atoms with van der Waals surface area (Å²) in [6, 6.07) is 0. The van der Waals surface area contributed by atoms with Gasteiger partial charge in [0.1, 0.15) is 0 Å². The van der Waals surface area contributed by atoms with Crippen LogP contribution in [-0.4, -0.2) is 39.4 Å². The molecular formula is C12H18N2OS3. The number of thiazole rings is 1. The number of H-pyrrole nitrogens is 1. The summed E-state index contributed by atoms with van der Waals surface area (Å²) in [6.07, 6.45) is 0.477. The predicted molar refractivity (Wildman–Crippen MR) is 81.1 cm³/mol. The first kappa shape index (κ1) is 14.1. The first-order valence-electron chi connectivity index (χ1n) is 5.98. The number of hydrogen-bond donors (Lipinski definition) is 1. The lowest BCUT2D eigenvalue weighted by atomic mass is 10.1. The molecule has 0 bridgehead atoms. The van der Waals surface area contributed by atoms with E-state index in [9.17, 15) is 4.79 Å². The fourth-order valence-corrected chi connectivity index (χ4v) is 4.48. The fraction of sp³-hybridized carbons (Fsp3) is 0.667. The molecule has 0 aliphatic carbocycles. The third-order valence-electron chi connectivity index (χ3n) is 3.01. The van der Waals surface area contributed by atoms with Gasteiger partial charge in [-0.3, -0.25) is 4.79 Å². The third-order valence-corrected chi connectivity index (χ3v) is 5.65. The summed E-state index contributed by atoms with van der Waals surface area (Å²) in [5.41, 5.74) is 1.03. The Balaban J connectivity index is 2.04. The third kappa shape index (κ3) is 3.36. The number of carbonyl (C=O) groups is 1. The van der Waals surface area contributed by atoms with Gasteiger partial charge in [-0.1, -0.05) is 0 Å². The van der Waals surface area contributed by atoms with Crippen LogP contribution in [0.4, 0.5) is 0 Å². The largest absolute Gasteiger partial charge is 0.341 e. The highest BCUT2D eigenvalue weighted by atomic mass is 32.2. The maximum atomic E-state index is 12.3. The Morgan fingerprint density at radius 3 is 2.83 bits per heavy atom. The monoisotopic (exact) mass is 302 g/mol. The molecule has 1 fully saturated rings. The van der Waals surface area contributed by atoms with E-state index in [0.717, 1.165) is 33.4 Å². The van der Waals surface area contributed by atoms with Crippen molar-refractivity contribution in [3.63, 3.8) is 0 Å². The van der Waals surface area contributed by atoms with Gasteiger partial charge >= 0.3 is 0 Å². The van der Waals surface area contributed by atoms with E-state index in [1.165, 1.54) is 11.3 Å². The molecule has 2 heterocycles. The lowest BCUT2D eigenvalue weighted by Gasteiger charge is -2.37. The minimum absolute atomic E-state index is 0.174. The van der Waals surface area contributed by atoms with Gasteiger partial charge < -0.3 is 9.88 Å². The first-order chi connectivity index (χ1) is 8.37. The van der Waals surface area contributed by atoms with Crippen molar-refractivity contribution in [1.82, 2.24) is 9.88 Å². The molecule has 0 aromatic carbocycles. The molecule has 1 saturated heterocycles. The Hall–Kier alpha value is -0.330. The highest BCUT2D eigenvalue weighted by Gasteiger charge is 2.29. The van der Waals surface area contributed by atoms with E-state index >= 15 is 0 Å². The second kappa shape index (κ2) is 5.35. The summed E-state index contributed by atoms with van der Waals surface area (Å²) in [4.78, 5) is 18.4. The molecule has 0 atom stereocenters. The molecule has 3 nitrogen and oxygen atoms in total. The Morgan fingerprint density at radius 1 is 1.56 bits per heavy atom. The van der Waals surface area contributed by atoms with Gasteiger partial charge in [-0.05, 0) is 33.0 Å². The van der Waals surface area contributed by atoms with Gasteiger partial charge in [0.2, 0.25) is 5.91 Å². The maximum absolute atomic E-state index is 12.3. The lowest BCUT2D eigenvalue weighted by Crippen LogP contribution is -2.46. The minimum Gasteiger partial charge on any atom is -0.341 e. The Bertz CT molecular complexity index is 504. The van der Waals surface area contributed by atoms with Crippen LogP contribution in [0.5, 0.6) is 0 Å². The van der Waals surface area contributed by atoms with Crippen LogP contribution in [0, 0.1) is 10.9 Å². The quantitative estimate of drug-likeness (QED) is 0.853. The van der Waals surface area contributed by atoms with Gasteiger partial charge in [0.15, 0.2) is 3.95 Å². The van der Waals surface area contributed by atoms with Crippen LogP contribution >= 0.6 is 35.3 Å². The SMILES string of the molecule is Cc1[nH]c(=S)sc1CC(=O)N1CCSC(C)(C)C1. The molecule has 1 aliphatic heterocycles. The standard InChI is InChI=1S/C12H18N2OS3/c1-8-9(18-11(16)13-8)6-10(15)14-4-5-17-12(2,3)7-14/h4-7H2,1-3H3,(H,13,16). The number of hydrogen-bond acceptors (Lipinski definition) is 4. The molecule has 1 N–H and O–H groups in total. The van der Waals surface area contributed by atoms with Gasteiger partial charge in [-0.15, -0.1) is 11.3 Å². The normalized spacial score (nSPS) is 18.9. The minimum atomic E-state index is 0.174. The molecule has 1 aromatic heterocycles. The van der Waals surface area contributed by atoms with Gasteiger partial charge in [0, 0.05) is 34.2 Å². The predicted octanol–water partition coefficient (Wildman–Crippen LogP) is 3.01. The molecule has 0 radical (unpaired) electrons. The van der Waals surface area contributed by atoms with Crippen molar-refractivity contribution < 1.29 is 4.79 Å². The zero-order valence-corrected chi connectivity index (χ0v) is 13.4. The highest BCUT2D eigenvalue weighted by molar-refractivity contribution is 8.00.